The summed E-state index contributed by atoms with van der Waals surface area (Å²) in [6.07, 6.45) is 0.570. The summed E-state index contributed by atoms with van der Waals surface area (Å²) < 4.78 is 0. The molecule has 0 heterocycles. The van der Waals surface area contributed by atoms with Gasteiger partial charge in [-0.05, 0) is 31.0 Å². The maximum atomic E-state index is 12.0. The highest BCUT2D eigenvalue weighted by atomic mass is 16.3. The Morgan fingerprint density at radius 3 is 2.42 bits per heavy atom. The van der Waals surface area contributed by atoms with Crippen molar-refractivity contribution in [3.63, 3.8) is 0 Å². The Hall–Kier alpha value is -2.29. The molecule has 0 aliphatic carbocycles. The highest BCUT2D eigenvalue weighted by Crippen LogP contribution is 2.22. The Morgan fingerprint density at radius 1 is 1.11 bits per heavy atom. The summed E-state index contributed by atoms with van der Waals surface area (Å²) in [4.78, 5) is 12.0. The molecule has 0 aliphatic heterocycles. The van der Waals surface area contributed by atoms with Gasteiger partial charge in [0.15, 0.2) is 0 Å². The number of anilines is 1. The fourth-order valence-electron chi connectivity index (χ4n) is 1.81. The first kappa shape index (κ1) is 13.1. The summed E-state index contributed by atoms with van der Waals surface area (Å²) in [6.45, 7) is 3.87. The third-order valence-corrected chi connectivity index (χ3v) is 2.86. The van der Waals surface area contributed by atoms with Crippen LogP contribution in [0.15, 0.2) is 54.6 Å². The van der Waals surface area contributed by atoms with E-state index in [0.29, 0.717) is 12.1 Å². The van der Waals surface area contributed by atoms with E-state index >= 15 is 0 Å². The van der Waals surface area contributed by atoms with Crippen LogP contribution in [0.2, 0.25) is 0 Å². The Bertz CT molecular complexity index is 552. The smallest absolute Gasteiger partial charge is 0.227 e. The topological polar surface area (TPSA) is 49.3 Å². The predicted molar refractivity (Wildman–Crippen MR) is 75.7 cm³/mol. The summed E-state index contributed by atoms with van der Waals surface area (Å²) in [6, 6.07) is 16.4. The number of rotatable bonds is 4. The van der Waals surface area contributed by atoms with Crippen LogP contribution in [0.5, 0.6) is 5.75 Å². The van der Waals surface area contributed by atoms with Crippen molar-refractivity contribution in [3.8, 4) is 5.75 Å². The molecule has 0 fully saturated rings. The van der Waals surface area contributed by atoms with Crippen molar-refractivity contribution in [1.82, 2.24) is 0 Å². The summed E-state index contributed by atoms with van der Waals surface area (Å²) in [5.74, 6) is -0.546. The molecule has 3 nitrogen and oxygen atoms in total. The molecule has 0 unspecified atom stereocenters. The van der Waals surface area contributed by atoms with Crippen LogP contribution in [0.4, 0.5) is 5.69 Å². The molecule has 0 aliphatic rings. The number of hydrogen-bond donors (Lipinski definition) is 2. The van der Waals surface area contributed by atoms with Gasteiger partial charge in [0, 0.05) is 5.92 Å². The van der Waals surface area contributed by atoms with Gasteiger partial charge in [-0.2, -0.15) is 0 Å². The first-order chi connectivity index (χ1) is 9.16. The molecule has 1 atom stereocenters. The van der Waals surface area contributed by atoms with Gasteiger partial charge in [0.2, 0.25) is 5.91 Å². The third kappa shape index (κ3) is 3.58. The van der Waals surface area contributed by atoms with Crippen LogP contribution in [0.3, 0.4) is 0 Å². The van der Waals surface area contributed by atoms with E-state index in [9.17, 15) is 9.90 Å². The van der Waals surface area contributed by atoms with E-state index in [4.69, 9.17) is 0 Å². The van der Waals surface area contributed by atoms with Gasteiger partial charge in [-0.3, -0.25) is 4.79 Å². The van der Waals surface area contributed by atoms with Crippen molar-refractivity contribution >= 4 is 11.6 Å². The molecule has 19 heavy (non-hydrogen) atoms. The number of phenols is 1. The SMILES string of the molecule is [CH2][C@@H](Cc1ccccc1)C(=O)Nc1ccccc1O. The molecule has 3 heteroatoms. The number of para-hydroxylation sites is 2. The Kier molecular flexibility index (Phi) is 4.18. The zero-order valence-corrected chi connectivity index (χ0v) is 10.5. The largest absolute Gasteiger partial charge is 0.506 e. The predicted octanol–water partition coefficient (Wildman–Crippen LogP) is 3.02. The second kappa shape index (κ2) is 6.05. The number of benzene rings is 2. The van der Waals surface area contributed by atoms with Crippen molar-refractivity contribution in [2.45, 2.75) is 6.42 Å². The van der Waals surface area contributed by atoms with Crippen LogP contribution >= 0.6 is 0 Å². The maximum Gasteiger partial charge on any atom is 0.227 e. The molecule has 0 saturated heterocycles. The van der Waals surface area contributed by atoms with Crippen LogP contribution in [0, 0.1) is 12.8 Å². The minimum Gasteiger partial charge on any atom is -0.506 e. The van der Waals surface area contributed by atoms with E-state index in [-0.39, 0.29) is 11.7 Å². The molecular weight excluding hydrogens is 238 g/mol. The molecule has 0 bridgehead atoms. The third-order valence-electron chi connectivity index (χ3n) is 2.86. The summed E-state index contributed by atoms with van der Waals surface area (Å²) in [7, 11) is 0. The first-order valence-electron chi connectivity index (χ1n) is 6.12. The average molecular weight is 254 g/mol. The lowest BCUT2D eigenvalue weighted by Gasteiger charge is -2.13. The van der Waals surface area contributed by atoms with Crippen LogP contribution in [-0.2, 0) is 11.2 Å². The highest BCUT2D eigenvalue weighted by Gasteiger charge is 2.14. The standard InChI is InChI=1S/C16H16NO2/c1-12(11-13-7-3-2-4-8-13)16(19)17-14-9-5-6-10-15(14)18/h2-10,12,18H,1,11H2,(H,17,19)/t12-/m0/s1. The molecule has 2 N–H and O–H groups in total. The van der Waals surface area contributed by atoms with Crippen LogP contribution < -0.4 is 5.32 Å². The number of phenolic OH excluding ortho intramolecular Hbond substituents is 1. The fraction of sp³-hybridized carbons (Fsp3) is 0.125. The van der Waals surface area contributed by atoms with E-state index in [0.717, 1.165) is 5.56 Å². The lowest BCUT2D eigenvalue weighted by atomic mass is 10.0. The molecular formula is C16H16NO2. The monoisotopic (exact) mass is 254 g/mol. The fourth-order valence-corrected chi connectivity index (χ4v) is 1.81. The number of amides is 1. The molecule has 0 aromatic heterocycles. The minimum absolute atomic E-state index is 0.0581. The quantitative estimate of drug-likeness (QED) is 0.824. The normalized spacial score (nSPS) is 11.8. The summed E-state index contributed by atoms with van der Waals surface area (Å²) >= 11 is 0. The van der Waals surface area contributed by atoms with Crippen molar-refractivity contribution < 1.29 is 9.90 Å². The van der Waals surface area contributed by atoms with Crippen LogP contribution in [-0.4, -0.2) is 11.0 Å². The lowest BCUT2D eigenvalue weighted by Crippen LogP contribution is -2.22. The van der Waals surface area contributed by atoms with Gasteiger partial charge in [-0.15, -0.1) is 0 Å². The van der Waals surface area contributed by atoms with Gasteiger partial charge in [0.1, 0.15) is 5.75 Å². The molecule has 1 radical (unpaired) electrons. The van der Waals surface area contributed by atoms with Crippen molar-refractivity contribution in [3.05, 3.63) is 67.1 Å². The zero-order chi connectivity index (χ0) is 13.7. The van der Waals surface area contributed by atoms with E-state index in [1.165, 1.54) is 6.07 Å². The number of carbonyl (C=O) groups is 1. The number of hydrogen-bond acceptors (Lipinski definition) is 2. The molecule has 0 saturated carbocycles. The molecule has 2 aromatic rings. The van der Waals surface area contributed by atoms with Crippen LogP contribution in [0.25, 0.3) is 0 Å². The van der Waals surface area contributed by atoms with Gasteiger partial charge < -0.3 is 10.4 Å². The minimum atomic E-state index is -0.401. The van der Waals surface area contributed by atoms with Crippen molar-refractivity contribution in [2.75, 3.05) is 5.32 Å². The van der Waals surface area contributed by atoms with Gasteiger partial charge in [0.05, 0.1) is 5.69 Å². The van der Waals surface area contributed by atoms with Crippen molar-refractivity contribution in [2.24, 2.45) is 5.92 Å². The van der Waals surface area contributed by atoms with Gasteiger partial charge in [0.25, 0.3) is 0 Å². The Balaban J connectivity index is 1.99. The Morgan fingerprint density at radius 2 is 1.74 bits per heavy atom. The van der Waals surface area contributed by atoms with E-state index < -0.39 is 5.92 Å². The second-order valence-electron chi connectivity index (χ2n) is 4.39. The zero-order valence-electron chi connectivity index (χ0n) is 10.5. The average Bonchev–Trinajstić information content (AvgIpc) is 2.42. The lowest BCUT2D eigenvalue weighted by molar-refractivity contribution is -0.118. The molecule has 97 valence electrons. The van der Waals surface area contributed by atoms with Gasteiger partial charge in [-0.1, -0.05) is 42.5 Å². The summed E-state index contributed by atoms with van der Waals surface area (Å²) in [5.41, 5.74) is 1.48. The molecule has 0 spiro atoms. The summed E-state index contributed by atoms with van der Waals surface area (Å²) in [5, 5.41) is 12.3. The van der Waals surface area contributed by atoms with Crippen LogP contribution in [0.1, 0.15) is 5.56 Å². The number of aromatic hydroxyl groups is 1. The van der Waals surface area contributed by atoms with Crippen molar-refractivity contribution in [1.29, 1.82) is 0 Å². The van der Waals surface area contributed by atoms with E-state index in [1.807, 2.05) is 30.3 Å². The van der Waals surface area contributed by atoms with E-state index in [1.54, 1.807) is 18.2 Å². The molecule has 2 aromatic carbocycles. The first-order valence-corrected chi connectivity index (χ1v) is 6.12. The second-order valence-corrected chi connectivity index (χ2v) is 4.39. The number of nitrogens with one attached hydrogen (secondary N) is 1. The molecule has 2 rings (SSSR count). The van der Waals surface area contributed by atoms with Gasteiger partial charge >= 0.3 is 0 Å². The maximum absolute atomic E-state index is 12.0. The molecule has 1 amide bonds. The van der Waals surface area contributed by atoms with Gasteiger partial charge in [-0.25, -0.2) is 0 Å². The number of carbonyl (C=O) groups excluding carboxylic acids is 1. The Labute approximate surface area is 112 Å². The van der Waals surface area contributed by atoms with E-state index in [2.05, 4.69) is 12.2 Å². The highest BCUT2D eigenvalue weighted by molar-refractivity contribution is 5.94.